The van der Waals surface area contributed by atoms with E-state index in [-0.39, 0.29) is 12.1 Å². The van der Waals surface area contributed by atoms with Gasteiger partial charge in [-0.25, -0.2) is 4.79 Å². The van der Waals surface area contributed by atoms with E-state index < -0.39 is 0 Å². The zero-order valence-electron chi connectivity index (χ0n) is 14.1. The molecule has 0 unspecified atom stereocenters. The van der Waals surface area contributed by atoms with Gasteiger partial charge in [-0.1, -0.05) is 29.3 Å². The van der Waals surface area contributed by atoms with Crippen molar-refractivity contribution >= 4 is 29.2 Å². The molecule has 0 aliphatic rings. The molecule has 0 spiro atoms. The van der Waals surface area contributed by atoms with Gasteiger partial charge in [0.05, 0.1) is 11.6 Å². The maximum atomic E-state index is 12.2. The molecule has 0 aliphatic heterocycles. The van der Waals surface area contributed by atoms with Crippen molar-refractivity contribution in [3.8, 4) is 5.75 Å². The molecule has 0 saturated carbocycles. The fourth-order valence-corrected chi connectivity index (χ4v) is 2.28. The molecule has 0 atom stereocenters. The van der Waals surface area contributed by atoms with Gasteiger partial charge in [0.15, 0.2) is 0 Å². The van der Waals surface area contributed by atoms with E-state index >= 15 is 0 Å². The lowest BCUT2D eigenvalue weighted by atomic mass is 10.3. The summed E-state index contributed by atoms with van der Waals surface area (Å²) in [6.07, 6.45) is 0. The van der Waals surface area contributed by atoms with Crippen molar-refractivity contribution in [2.45, 2.75) is 19.9 Å². The third kappa shape index (κ3) is 6.85. The Morgan fingerprint density at radius 3 is 2.57 bits per heavy atom. The highest BCUT2D eigenvalue weighted by Gasteiger charge is 2.16. The van der Waals surface area contributed by atoms with E-state index in [1.807, 2.05) is 32.8 Å². The molecular weight excluding hydrogens is 337 g/mol. The summed E-state index contributed by atoms with van der Waals surface area (Å²) in [6.45, 7) is 6.16. The molecule has 5 nitrogen and oxygen atoms in total. The smallest absolute Gasteiger partial charge is 0.317 e. The first-order chi connectivity index (χ1) is 10.8. The maximum absolute atomic E-state index is 12.2. The number of hydrogen-bond donors (Lipinski definition) is 1. The summed E-state index contributed by atoms with van der Waals surface area (Å²) in [6, 6.07) is 5.22. The number of halogens is 2. The van der Waals surface area contributed by atoms with Crippen LogP contribution in [0.15, 0.2) is 18.2 Å². The van der Waals surface area contributed by atoms with Crippen molar-refractivity contribution in [1.29, 1.82) is 0 Å². The Kier molecular flexibility index (Phi) is 8.52. The fourth-order valence-electron chi connectivity index (χ4n) is 1.93. The number of carbonyl (C=O) groups excluding carboxylic acids is 1. The molecule has 0 radical (unpaired) electrons. The van der Waals surface area contributed by atoms with Gasteiger partial charge in [0, 0.05) is 19.1 Å². The third-order valence-corrected chi connectivity index (χ3v) is 4.03. The maximum Gasteiger partial charge on any atom is 0.317 e. The van der Waals surface area contributed by atoms with Crippen LogP contribution >= 0.6 is 23.2 Å². The summed E-state index contributed by atoms with van der Waals surface area (Å²) in [5.74, 6) is 0.524. The molecule has 0 fully saturated rings. The molecule has 0 bridgehead atoms. The molecule has 2 amide bonds. The van der Waals surface area contributed by atoms with Gasteiger partial charge in [-0.2, -0.15) is 0 Å². The Balaban J connectivity index is 2.50. The largest absolute Gasteiger partial charge is 0.490 e. The number of hydrogen-bond acceptors (Lipinski definition) is 3. The van der Waals surface area contributed by atoms with Crippen molar-refractivity contribution in [3.05, 3.63) is 28.2 Å². The molecule has 0 heterocycles. The second-order valence-electron chi connectivity index (χ2n) is 5.72. The van der Waals surface area contributed by atoms with Crippen LogP contribution in [0.5, 0.6) is 5.75 Å². The second kappa shape index (κ2) is 9.85. The van der Waals surface area contributed by atoms with Crippen LogP contribution in [-0.2, 0) is 0 Å². The highest BCUT2D eigenvalue weighted by Crippen LogP contribution is 2.31. The number of urea groups is 1. The van der Waals surface area contributed by atoms with E-state index in [1.54, 1.807) is 23.1 Å². The number of nitrogens with one attached hydrogen (secondary N) is 1. The average molecular weight is 362 g/mol. The average Bonchev–Trinajstić information content (AvgIpc) is 2.46. The Bertz CT molecular complexity index is 510. The van der Waals surface area contributed by atoms with E-state index in [9.17, 15) is 4.79 Å². The number of carbonyl (C=O) groups is 1. The topological polar surface area (TPSA) is 44.8 Å². The highest BCUT2D eigenvalue weighted by molar-refractivity contribution is 6.42. The van der Waals surface area contributed by atoms with E-state index in [0.29, 0.717) is 35.5 Å². The van der Waals surface area contributed by atoms with Gasteiger partial charge in [0.1, 0.15) is 17.4 Å². The lowest BCUT2D eigenvalue weighted by molar-refractivity contribution is 0.165. The molecule has 1 rings (SSSR count). The summed E-state index contributed by atoms with van der Waals surface area (Å²) in [5.41, 5.74) is 0. The summed E-state index contributed by atoms with van der Waals surface area (Å²) < 4.78 is 5.64. The van der Waals surface area contributed by atoms with E-state index in [2.05, 4.69) is 5.32 Å². The number of amides is 2. The monoisotopic (exact) mass is 361 g/mol. The molecule has 23 heavy (non-hydrogen) atoms. The van der Waals surface area contributed by atoms with Crippen molar-refractivity contribution in [1.82, 2.24) is 15.1 Å². The summed E-state index contributed by atoms with van der Waals surface area (Å²) in [7, 11) is 3.93. The first-order valence-corrected chi connectivity index (χ1v) is 8.34. The van der Waals surface area contributed by atoms with Crippen molar-refractivity contribution in [3.63, 3.8) is 0 Å². The van der Waals surface area contributed by atoms with Gasteiger partial charge >= 0.3 is 6.03 Å². The van der Waals surface area contributed by atoms with Crippen LogP contribution in [0.3, 0.4) is 0 Å². The first kappa shape index (κ1) is 19.9. The highest BCUT2D eigenvalue weighted by atomic mass is 35.5. The van der Waals surface area contributed by atoms with Crippen LogP contribution in [0.1, 0.15) is 13.8 Å². The van der Waals surface area contributed by atoms with Crippen molar-refractivity contribution in [2.24, 2.45) is 0 Å². The molecule has 0 aliphatic carbocycles. The first-order valence-electron chi connectivity index (χ1n) is 7.59. The molecule has 7 heteroatoms. The van der Waals surface area contributed by atoms with Crippen LogP contribution in [0.2, 0.25) is 10.0 Å². The van der Waals surface area contributed by atoms with Crippen molar-refractivity contribution < 1.29 is 9.53 Å². The molecule has 1 aromatic carbocycles. The summed E-state index contributed by atoms with van der Waals surface area (Å²) in [4.78, 5) is 16.0. The molecule has 130 valence electrons. The number of benzene rings is 1. The lowest BCUT2D eigenvalue weighted by Gasteiger charge is -2.27. The van der Waals surface area contributed by atoms with E-state index in [4.69, 9.17) is 27.9 Å². The Morgan fingerprint density at radius 1 is 1.26 bits per heavy atom. The fraction of sp³-hybridized carbons (Fsp3) is 0.562. The predicted molar refractivity (Wildman–Crippen MR) is 95.8 cm³/mol. The Labute approximate surface area is 148 Å². The Morgan fingerprint density at radius 2 is 1.96 bits per heavy atom. The van der Waals surface area contributed by atoms with Gasteiger partial charge in [-0.05, 0) is 40.1 Å². The standard InChI is InChI=1S/C16H25Cl2N3O2/c1-12(2)21(16(22)19-8-9-20(3)4)10-11-23-14-7-5-6-13(17)15(14)18/h5-7,12H,8-11H2,1-4H3,(H,19,22). The van der Waals surface area contributed by atoms with Crippen LogP contribution in [0.25, 0.3) is 0 Å². The van der Waals surface area contributed by atoms with E-state index in [1.165, 1.54) is 0 Å². The van der Waals surface area contributed by atoms with Crippen LogP contribution in [0.4, 0.5) is 4.79 Å². The van der Waals surface area contributed by atoms with Crippen LogP contribution in [0, 0.1) is 0 Å². The normalized spacial score (nSPS) is 11.0. The quantitative estimate of drug-likeness (QED) is 0.771. The van der Waals surface area contributed by atoms with Gasteiger partial charge in [-0.15, -0.1) is 0 Å². The number of rotatable bonds is 8. The number of ether oxygens (including phenoxy) is 1. The van der Waals surface area contributed by atoms with Gasteiger partial charge in [0.2, 0.25) is 0 Å². The minimum absolute atomic E-state index is 0.0767. The molecule has 0 aromatic heterocycles. The van der Waals surface area contributed by atoms with Crippen molar-refractivity contribution in [2.75, 3.05) is 40.3 Å². The van der Waals surface area contributed by atoms with E-state index in [0.717, 1.165) is 6.54 Å². The van der Waals surface area contributed by atoms with Gasteiger partial charge in [-0.3, -0.25) is 0 Å². The minimum Gasteiger partial charge on any atom is -0.490 e. The minimum atomic E-state index is -0.0948. The zero-order chi connectivity index (χ0) is 17.4. The Hall–Kier alpha value is -1.17. The van der Waals surface area contributed by atoms with Crippen LogP contribution in [-0.4, -0.2) is 62.2 Å². The third-order valence-electron chi connectivity index (χ3n) is 3.23. The summed E-state index contributed by atoms with van der Waals surface area (Å²) >= 11 is 12.0. The SMILES string of the molecule is CC(C)N(CCOc1cccc(Cl)c1Cl)C(=O)NCCN(C)C. The molecular formula is C16H25Cl2N3O2. The summed E-state index contributed by atoms with van der Waals surface area (Å²) in [5, 5.41) is 3.75. The molecule has 1 aromatic rings. The number of likely N-dealkylation sites (N-methyl/N-ethyl adjacent to an activating group) is 1. The number of nitrogens with zero attached hydrogens (tertiary/aromatic N) is 2. The predicted octanol–water partition coefficient (Wildman–Crippen LogP) is 3.35. The molecule has 0 saturated heterocycles. The van der Waals surface area contributed by atoms with Gasteiger partial charge < -0.3 is 19.9 Å². The lowest BCUT2D eigenvalue weighted by Crippen LogP contribution is -2.47. The van der Waals surface area contributed by atoms with Crippen LogP contribution < -0.4 is 10.1 Å². The molecule has 1 N–H and O–H groups in total. The second-order valence-corrected chi connectivity index (χ2v) is 6.51. The zero-order valence-corrected chi connectivity index (χ0v) is 15.6. The van der Waals surface area contributed by atoms with Gasteiger partial charge in [0.25, 0.3) is 0 Å².